The molecule has 4 rings (SSSR count). The summed E-state index contributed by atoms with van der Waals surface area (Å²) in [5.74, 6) is -5.65. The number of thioether (sulfide) groups is 1. The summed E-state index contributed by atoms with van der Waals surface area (Å²) < 4.78 is 34.7. The molecule has 0 spiro atoms. The Hall–Kier alpha value is -8.45. The lowest BCUT2D eigenvalue weighted by atomic mass is 9.89. The van der Waals surface area contributed by atoms with E-state index in [0.29, 0.717) is 74.1 Å². The Morgan fingerprint density at radius 2 is 1.37 bits per heavy atom. The maximum absolute atomic E-state index is 14.9. The molecule has 684 valence electrons. The number of nitrogens with zero attached hydrogens (tertiary/aromatic N) is 4. The van der Waals surface area contributed by atoms with Gasteiger partial charge in [-0.2, -0.15) is 11.8 Å². The van der Waals surface area contributed by atoms with Crippen LogP contribution in [0.25, 0.3) is 0 Å². The van der Waals surface area contributed by atoms with E-state index in [1.54, 1.807) is 122 Å². The molecule has 2 saturated heterocycles. The van der Waals surface area contributed by atoms with Crippen molar-refractivity contribution in [1.29, 1.82) is 0 Å². The highest BCUT2D eigenvalue weighted by molar-refractivity contribution is 8.00. The summed E-state index contributed by atoms with van der Waals surface area (Å²) in [5, 5.41) is 53.5. The zero-order valence-corrected chi connectivity index (χ0v) is 75.6. The number of carbonyl (C=O) groups is 12. The molecule has 2 aromatic carbocycles. The van der Waals surface area contributed by atoms with E-state index in [1.807, 2.05) is 52.8 Å². The number of anilines is 1. The summed E-state index contributed by atoms with van der Waals surface area (Å²) in [5.41, 5.74) is 6.66. The number of likely N-dealkylation sites (tertiary alicyclic amines) is 2. The molecule has 2 aliphatic rings. The second kappa shape index (κ2) is 52.9. The molecule has 2 fully saturated rings. The van der Waals surface area contributed by atoms with Gasteiger partial charge in [-0.25, -0.2) is 14.4 Å². The molecule has 0 bridgehead atoms. The number of ether oxygens (including phenoxy) is 6. The van der Waals surface area contributed by atoms with Gasteiger partial charge in [-0.15, -0.1) is 0 Å². The fourth-order valence-corrected chi connectivity index (χ4v) is 16.1. The summed E-state index contributed by atoms with van der Waals surface area (Å²) in [7, 11) is 6.06. The van der Waals surface area contributed by atoms with E-state index in [0.717, 1.165) is 0 Å². The quantitative estimate of drug-likeness (QED) is 0.0245. The minimum absolute atomic E-state index is 0.00374. The number of likely N-dealkylation sites (N-methyl/N-ethyl adjacent to an activating group) is 2. The van der Waals surface area contributed by atoms with Crippen molar-refractivity contribution >= 4 is 88.8 Å². The summed E-state index contributed by atoms with van der Waals surface area (Å²) in [6.45, 7) is 27.9. The zero-order valence-electron chi connectivity index (χ0n) is 74.8. The number of hydrogen-bond donors (Lipinski definition) is 12. The first-order chi connectivity index (χ1) is 57.1. The number of rotatable bonds is 53. The second-order valence-corrected chi connectivity index (χ2v) is 35.5. The number of benzene rings is 2. The molecule has 0 aromatic heterocycles. The van der Waals surface area contributed by atoms with Gasteiger partial charge < -0.3 is 107 Å². The number of alkyl carbamates (subject to hydrolysis) is 1. The van der Waals surface area contributed by atoms with Crippen LogP contribution in [-0.4, -0.2) is 271 Å². The summed E-state index contributed by atoms with van der Waals surface area (Å²) in [6, 6.07) is 8.50. The van der Waals surface area contributed by atoms with Crippen LogP contribution in [0.4, 0.5) is 20.1 Å². The number of methoxy groups -OCH3 is 2. The normalized spacial score (nSPS) is 18.1. The monoisotopic (exact) mass is 1730 g/mol. The van der Waals surface area contributed by atoms with E-state index >= 15 is 0 Å². The first kappa shape index (κ1) is 105. The van der Waals surface area contributed by atoms with Crippen LogP contribution >= 0.6 is 11.8 Å². The lowest BCUT2D eigenvalue weighted by molar-refractivity contribution is -0.213. The van der Waals surface area contributed by atoms with Crippen LogP contribution in [0.5, 0.6) is 0 Å². The maximum Gasteiger partial charge on any atom is 0.410 e. The van der Waals surface area contributed by atoms with E-state index in [9.17, 15) is 72.9 Å². The van der Waals surface area contributed by atoms with E-state index in [4.69, 9.17) is 34.2 Å². The summed E-state index contributed by atoms with van der Waals surface area (Å²) in [6.07, 6.45) is -2.68. The van der Waals surface area contributed by atoms with E-state index in [2.05, 4.69) is 42.5 Å². The number of aliphatic hydroxyl groups excluding tert-OH is 3. The van der Waals surface area contributed by atoms with Gasteiger partial charge in [-0.05, 0) is 118 Å². The molecular formula is C86H143N13O21S. The molecule has 13 N–H and O–H groups in total. The number of unbranched alkanes of at least 4 members (excludes halogenated alkanes) is 2. The van der Waals surface area contributed by atoms with Crippen molar-refractivity contribution in [2.24, 2.45) is 40.7 Å². The smallest absolute Gasteiger partial charge is 0.410 e. The van der Waals surface area contributed by atoms with Crippen LogP contribution in [0.3, 0.4) is 0 Å². The number of hydrogen-bond acceptors (Lipinski definition) is 22. The fraction of sp³-hybridized carbons (Fsp3) is 0.721. The van der Waals surface area contributed by atoms with E-state index < -0.39 is 156 Å². The highest BCUT2D eigenvalue weighted by Gasteiger charge is 2.45. The minimum Gasteiger partial charge on any atom is -0.445 e. The lowest BCUT2D eigenvalue weighted by Crippen LogP contribution is -2.60. The summed E-state index contributed by atoms with van der Waals surface area (Å²) >= 11 is 1.35. The zero-order chi connectivity index (χ0) is 90.5. The number of nitrogens with two attached hydrogens (primary N) is 1. The molecule has 121 heavy (non-hydrogen) atoms. The molecule has 2 aliphatic heterocycles. The molecule has 16 atom stereocenters. The average Bonchev–Trinajstić information content (AvgIpc) is 1.69. The van der Waals surface area contributed by atoms with Crippen LogP contribution in [-0.2, 0) is 78.2 Å². The largest absolute Gasteiger partial charge is 0.445 e. The average molecular weight is 1730 g/mol. The van der Waals surface area contributed by atoms with Gasteiger partial charge in [0.25, 0.3) is 0 Å². The third-order valence-electron chi connectivity index (χ3n) is 21.7. The highest BCUT2D eigenvalue weighted by atomic mass is 32.2. The molecule has 34 nitrogen and oxygen atoms in total. The van der Waals surface area contributed by atoms with Crippen LogP contribution in [0.2, 0.25) is 0 Å². The molecule has 2 heterocycles. The topological polar surface area (TPSA) is 456 Å². The van der Waals surface area contributed by atoms with Crippen molar-refractivity contribution in [1.82, 2.24) is 56.8 Å². The maximum atomic E-state index is 14.9. The Balaban J connectivity index is 1.27. The van der Waals surface area contributed by atoms with Crippen molar-refractivity contribution in [3.8, 4) is 0 Å². The predicted molar refractivity (Wildman–Crippen MR) is 459 cm³/mol. The first-order valence-electron chi connectivity index (χ1n) is 42.6. The molecule has 13 amide bonds. The van der Waals surface area contributed by atoms with Crippen LogP contribution in [0.1, 0.15) is 205 Å². The molecule has 2 aromatic rings. The van der Waals surface area contributed by atoms with Crippen molar-refractivity contribution in [2.45, 2.75) is 285 Å². The Bertz CT molecular complexity index is 3580. The van der Waals surface area contributed by atoms with Gasteiger partial charge in [-0.1, -0.05) is 138 Å². The van der Waals surface area contributed by atoms with E-state index in [1.165, 1.54) is 42.8 Å². The number of amides is 13. The number of carbonyl (C=O) groups excluding carboxylic acids is 12. The Labute approximate surface area is 719 Å². The molecule has 35 heteroatoms. The second-order valence-electron chi connectivity index (χ2n) is 34.2. The van der Waals surface area contributed by atoms with Crippen molar-refractivity contribution < 1.29 is 101 Å². The molecule has 0 aliphatic carbocycles. The van der Waals surface area contributed by atoms with Gasteiger partial charge >= 0.3 is 18.2 Å². The minimum atomic E-state index is -1.16. The van der Waals surface area contributed by atoms with Gasteiger partial charge in [0, 0.05) is 91.7 Å². The van der Waals surface area contributed by atoms with Crippen LogP contribution in [0.15, 0.2) is 54.6 Å². The predicted octanol–water partition coefficient (Wildman–Crippen LogP) is 6.60. The highest BCUT2D eigenvalue weighted by Crippen LogP contribution is 2.33. The Morgan fingerprint density at radius 1 is 0.702 bits per heavy atom. The van der Waals surface area contributed by atoms with Crippen molar-refractivity contribution in [3.05, 3.63) is 65.7 Å². The van der Waals surface area contributed by atoms with Crippen LogP contribution < -0.4 is 48.3 Å². The SMILES string of the molecule is CC[C@H](C)[C@@H]([C@@H](CC(=O)N1CCC[C@H]1[C@H](OC)[C@@H](C)C(=O)N[C@H](C)[C@@H](O)c1ccccc1)OC)N(C)C(=O)[C@@H](NC(=O)[C@H](C(C)C)N(C)C(=O)OCc1ccc(NC(=O)[C@H](CCCNC(N)=O)NC(=O)[C@@H](NC(=O)CCCCCN2C(=O)CC(SCCNC(=O)CCNC(=O)OCC(OC(C)C)OC(CO)CC(C)(C)C)C2O)C(C)C)cc1)C(C)C. The third kappa shape index (κ3) is 35.4. The number of aliphatic hydroxyl groups is 3. The molecular weight excluding hydrogens is 1580 g/mol. The summed E-state index contributed by atoms with van der Waals surface area (Å²) in [4.78, 5) is 168. The van der Waals surface area contributed by atoms with E-state index in [-0.39, 0.29) is 126 Å². The third-order valence-corrected chi connectivity index (χ3v) is 23.0. The lowest BCUT2D eigenvalue weighted by Gasteiger charge is -2.41. The van der Waals surface area contributed by atoms with Crippen molar-refractivity contribution in [2.75, 3.05) is 85.3 Å². The molecule has 0 radical (unpaired) electrons. The standard InChI is InChI=1S/C86H143N13O21S/c1-20-55(10)74(64(115-18)45-68(103)98-43-28-32-63(98)76(116-19)56(11)77(106)91-57(12)75(105)59-29-23-21-24-30-59)96(16)82(111)72(52(4)5)95-80(109)73(53(6)7)97(17)85(114)118-49-58-34-36-60(37-35-58)92-78(107)62(31-27-39-89-83(87)112)93-79(108)71(51(2)3)94-67(102)33-25-22-26-42-99-69(104)46-65(81(99)110)121-44-41-88-66(101)38-40-90-84(113)117-50-70(119-54(8)9)120-61(48-100)47-86(13,14)15/h21,23-24,29-30,34-37,51-57,61-65,70-76,81,100,105,110H,20,22,25-28,31-33,38-50H2,1-19H3,(H,88,101)(H,90,113)(H,91,106)(H,92,107)(H,93,108)(H,94,102)(H,95,109)(H3,87,89,112)/t55-,56+,57+,61?,62-,63-,64+,65?,70?,71-,72-,73-,74-,75+,76+,81?/m0/s1. The van der Waals surface area contributed by atoms with Gasteiger partial charge in [0.1, 0.15) is 43.6 Å². The number of urea groups is 1. The Morgan fingerprint density at radius 3 is 1.97 bits per heavy atom. The first-order valence-corrected chi connectivity index (χ1v) is 43.7. The molecule has 0 saturated carbocycles. The Kier molecular flexibility index (Phi) is 45.8. The van der Waals surface area contributed by atoms with Gasteiger partial charge in [0.05, 0.1) is 72.8 Å². The van der Waals surface area contributed by atoms with Crippen LogP contribution in [0, 0.1) is 35.0 Å². The number of nitrogens with one attached hydrogen (secondary N) is 8. The fourth-order valence-electron chi connectivity index (χ4n) is 15.0. The van der Waals surface area contributed by atoms with Crippen molar-refractivity contribution in [3.63, 3.8) is 0 Å². The van der Waals surface area contributed by atoms with Gasteiger partial charge in [-0.3, -0.25) is 48.1 Å². The number of primary amides is 1. The van der Waals surface area contributed by atoms with Gasteiger partial charge in [0.2, 0.25) is 53.2 Å². The molecule has 4 unspecified atom stereocenters. The van der Waals surface area contributed by atoms with Gasteiger partial charge in [0.15, 0.2) is 6.29 Å².